The Balaban J connectivity index is 1.49. The fourth-order valence-corrected chi connectivity index (χ4v) is 6.11. The third-order valence-electron chi connectivity index (χ3n) is 7.42. The number of anilines is 1. The predicted octanol–water partition coefficient (Wildman–Crippen LogP) is 5.04. The Bertz CT molecular complexity index is 1250. The van der Waals surface area contributed by atoms with Crippen LogP contribution < -0.4 is 9.64 Å². The predicted molar refractivity (Wildman–Crippen MR) is 123 cm³/mol. The maximum absolute atomic E-state index is 13.8. The molecule has 3 aliphatic carbocycles. The van der Waals surface area contributed by atoms with Gasteiger partial charge in [0.05, 0.1) is 24.1 Å². The van der Waals surface area contributed by atoms with Crippen molar-refractivity contribution < 1.29 is 14.3 Å². The van der Waals surface area contributed by atoms with Crippen molar-refractivity contribution in [2.45, 2.75) is 32.1 Å². The van der Waals surface area contributed by atoms with Crippen molar-refractivity contribution in [3.63, 3.8) is 0 Å². The molecule has 32 heavy (non-hydrogen) atoms. The van der Waals surface area contributed by atoms with Gasteiger partial charge in [0.2, 0.25) is 11.8 Å². The zero-order valence-corrected chi connectivity index (χ0v) is 18.2. The molecule has 7 rings (SSSR count). The smallest absolute Gasteiger partial charge is 0.238 e. The highest BCUT2D eigenvalue weighted by Crippen LogP contribution is 2.61. The molecule has 0 saturated carbocycles. The Labute approximate surface area is 187 Å². The molecule has 2 bridgehead atoms. The summed E-state index contributed by atoms with van der Waals surface area (Å²) in [6.45, 7) is 4.66. The summed E-state index contributed by atoms with van der Waals surface area (Å²) in [6.07, 6.45) is 0.950. The number of imide groups is 1. The Morgan fingerprint density at radius 1 is 0.750 bits per heavy atom. The number of nitrogens with zero attached hydrogens (tertiary/aromatic N) is 1. The Hall–Kier alpha value is -3.40. The summed E-state index contributed by atoms with van der Waals surface area (Å²) in [5, 5.41) is 0. The lowest BCUT2D eigenvalue weighted by atomic mass is 9.55. The minimum Gasteiger partial charge on any atom is -0.494 e. The van der Waals surface area contributed by atoms with E-state index in [0.29, 0.717) is 12.3 Å². The van der Waals surface area contributed by atoms with E-state index in [-0.39, 0.29) is 35.5 Å². The fourth-order valence-electron chi connectivity index (χ4n) is 6.11. The molecule has 160 valence electrons. The number of hydrogen-bond donors (Lipinski definition) is 0. The second kappa shape index (κ2) is 7.06. The molecule has 0 N–H and O–H groups in total. The van der Waals surface area contributed by atoms with Crippen LogP contribution in [0.1, 0.15) is 53.5 Å². The number of ether oxygens (including phenoxy) is 1. The van der Waals surface area contributed by atoms with Crippen LogP contribution in [-0.4, -0.2) is 18.4 Å². The van der Waals surface area contributed by atoms with Gasteiger partial charge in [-0.05, 0) is 65.4 Å². The number of hydrogen-bond acceptors (Lipinski definition) is 3. The molecule has 4 atom stereocenters. The first-order chi connectivity index (χ1) is 15.6. The maximum atomic E-state index is 13.8. The molecule has 1 aliphatic heterocycles. The van der Waals surface area contributed by atoms with E-state index < -0.39 is 0 Å². The van der Waals surface area contributed by atoms with E-state index in [1.165, 1.54) is 32.7 Å². The minimum atomic E-state index is -0.353. The molecule has 0 spiro atoms. The Morgan fingerprint density at radius 3 is 1.94 bits per heavy atom. The van der Waals surface area contributed by atoms with E-state index in [0.717, 1.165) is 12.2 Å². The maximum Gasteiger partial charge on any atom is 0.238 e. The van der Waals surface area contributed by atoms with Crippen LogP contribution in [0.25, 0.3) is 0 Å². The highest BCUT2D eigenvalue weighted by atomic mass is 16.5. The quantitative estimate of drug-likeness (QED) is 0.552. The van der Waals surface area contributed by atoms with Crippen molar-refractivity contribution in [2.24, 2.45) is 11.8 Å². The highest BCUT2D eigenvalue weighted by Gasteiger charge is 2.61. The number of amides is 2. The number of benzene rings is 3. The van der Waals surface area contributed by atoms with Gasteiger partial charge < -0.3 is 4.74 Å². The third kappa shape index (κ3) is 2.49. The van der Waals surface area contributed by atoms with E-state index in [2.05, 4.69) is 37.3 Å². The molecule has 2 amide bonds. The topological polar surface area (TPSA) is 46.6 Å². The van der Waals surface area contributed by atoms with Gasteiger partial charge in [-0.25, -0.2) is 4.90 Å². The van der Waals surface area contributed by atoms with Gasteiger partial charge in [0.1, 0.15) is 5.75 Å². The van der Waals surface area contributed by atoms with Crippen molar-refractivity contribution in [3.8, 4) is 5.75 Å². The van der Waals surface area contributed by atoms with E-state index in [1.807, 2.05) is 43.3 Å². The van der Waals surface area contributed by atoms with Gasteiger partial charge in [-0.3, -0.25) is 9.59 Å². The Morgan fingerprint density at radius 2 is 1.34 bits per heavy atom. The lowest BCUT2D eigenvalue weighted by molar-refractivity contribution is -0.122. The van der Waals surface area contributed by atoms with Crippen molar-refractivity contribution in [2.75, 3.05) is 11.5 Å². The van der Waals surface area contributed by atoms with Gasteiger partial charge >= 0.3 is 0 Å². The summed E-state index contributed by atoms with van der Waals surface area (Å²) in [4.78, 5) is 29.0. The third-order valence-corrected chi connectivity index (χ3v) is 7.42. The fraction of sp³-hybridized carbons (Fsp3) is 0.286. The van der Waals surface area contributed by atoms with Crippen LogP contribution in [0.4, 0.5) is 5.69 Å². The molecule has 4 heteroatoms. The van der Waals surface area contributed by atoms with Crippen LogP contribution in [0.15, 0.2) is 66.7 Å². The monoisotopic (exact) mass is 423 g/mol. The molecule has 4 aliphatic rings. The minimum absolute atomic E-state index is 0.0770. The number of aryl methyl sites for hydroxylation is 1. The van der Waals surface area contributed by atoms with Gasteiger partial charge in [-0.1, -0.05) is 49.4 Å². The molecular weight excluding hydrogens is 398 g/mol. The number of carbonyl (C=O) groups excluding carboxylic acids is 2. The molecule has 4 nitrogen and oxygen atoms in total. The van der Waals surface area contributed by atoms with Crippen LogP contribution in [0, 0.1) is 11.8 Å². The normalized spacial score (nSPS) is 24.9. The largest absolute Gasteiger partial charge is 0.494 e. The lowest BCUT2D eigenvalue weighted by Gasteiger charge is -2.46. The molecule has 3 aromatic carbocycles. The molecule has 0 unspecified atom stereocenters. The number of carbonyl (C=O) groups is 2. The first-order valence-electron chi connectivity index (χ1n) is 11.5. The average Bonchev–Trinajstić information content (AvgIpc) is 3.10. The van der Waals surface area contributed by atoms with Crippen molar-refractivity contribution in [1.29, 1.82) is 0 Å². The van der Waals surface area contributed by atoms with Gasteiger partial charge in [0, 0.05) is 11.8 Å². The summed E-state index contributed by atoms with van der Waals surface area (Å²) in [5.41, 5.74) is 6.73. The standard InChI is InChI=1S/C28H25NO3/c1-3-16-9-14-21-22(15-16)24-20-8-6-5-7-19(20)23(21)25-26(24)28(31)29(27(25)30)17-10-12-18(13-11-17)32-4-2/h5-15,23-26H,3-4H2,1-2H3/t23-,24-,25-,26+/m0/s1. The van der Waals surface area contributed by atoms with E-state index in [4.69, 9.17) is 4.74 Å². The van der Waals surface area contributed by atoms with Crippen LogP contribution >= 0.6 is 0 Å². The summed E-state index contributed by atoms with van der Waals surface area (Å²) in [5.74, 6) is -0.291. The zero-order valence-electron chi connectivity index (χ0n) is 18.2. The molecule has 0 radical (unpaired) electrons. The van der Waals surface area contributed by atoms with E-state index >= 15 is 0 Å². The molecule has 0 aromatic heterocycles. The summed E-state index contributed by atoms with van der Waals surface area (Å²) < 4.78 is 5.53. The number of rotatable bonds is 4. The van der Waals surface area contributed by atoms with E-state index in [9.17, 15) is 9.59 Å². The van der Waals surface area contributed by atoms with Crippen molar-refractivity contribution in [1.82, 2.24) is 0 Å². The molecule has 1 saturated heterocycles. The van der Waals surface area contributed by atoms with Gasteiger partial charge in [-0.2, -0.15) is 0 Å². The first-order valence-corrected chi connectivity index (χ1v) is 11.5. The van der Waals surface area contributed by atoms with E-state index in [1.54, 1.807) is 0 Å². The van der Waals surface area contributed by atoms with Crippen LogP contribution in [0.2, 0.25) is 0 Å². The zero-order chi connectivity index (χ0) is 22.0. The van der Waals surface area contributed by atoms with Crippen LogP contribution in [0.3, 0.4) is 0 Å². The van der Waals surface area contributed by atoms with Gasteiger partial charge in [-0.15, -0.1) is 0 Å². The lowest BCUT2D eigenvalue weighted by Crippen LogP contribution is -2.41. The molecular formula is C28H25NO3. The summed E-state index contributed by atoms with van der Waals surface area (Å²) in [6, 6.07) is 22.3. The molecule has 3 aromatic rings. The van der Waals surface area contributed by atoms with Gasteiger partial charge in [0.15, 0.2) is 0 Å². The SMILES string of the molecule is CCOc1ccc(N2C(=O)[C@@H]3[C@H]4c5ccccc5[C@@H](c5ccc(CC)cc54)[C@@H]3C2=O)cc1. The van der Waals surface area contributed by atoms with Crippen molar-refractivity contribution >= 4 is 17.5 Å². The molecule has 1 heterocycles. The average molecular weight is 424 g/mol. The van der Waals surface area contributed by atoms with Crippen LogP contribution in [-0.2, 0) is 16.0 Å². The first kappa shape index (κ1) is 19.3. The van der Waals surface area contributed by atoms with Crippen molar-refractivity contribution in [3.05, 3.63) is 94.5 Å². The Kier molecular flexibility index (Phi) is 4.26. The van der Waals surface area contributed by atoms with Gasteiger partial charge in [0.25, 0.3) is 0 Å². The second-order valence-electron chi connectivity index (χ2n) is 8.89. The van der Waals surface area contributed by atoms with Crippen LogP contribution in [0.5, 0.6) is 5.75 Å². The second-order valence-corrected chi connectivity index (χ2v) is 8.89. The molecule has 1 fully saturated rings. The highest BCUT2D eigenvalue weighted by molar-refractivity contribution is 6.23. The summed E-state index contributed by atoms with van der Waals surface area (Å²) >= 11 is 0. The summed E-state index contributed by atoms with van der Waals surface area (Å²) in [7, 11) is 0.